The second-order valence-corrected chi connectivity index (χ2v) is 5.83. The highest BCUT2D eigenvalue weighted by Crippen LogP contribution is 2.49. The lowest BCUT2D eigenvalue weighted by atomic mass is 9.97. The number of amides is 1. The molecule has 0 spiro atoms. The predicted molar refractivity (Wildman–Crippen MR) is 64.2 cm³/mol. The van der Waals surface area contributed by atoms with E-state index in [2.05, 4.69) is 0 Å². The average molecular weight is 228 g/mol. The minimum Gasteiger partial charge on any atom is -0.444 e. The Morgan fingerprint density at radius 1 is 1.50 bits per heavy atom. The van der Waals surface area contributed by atoms with Crippen LogP contribution >= 0.6 is 0 Å². The Morgan fingerprint density at radius 2 is 2.00 bits per heavy atom. The normalized spacial score (nSPS) is 20.1. The molecule has 0 bridgehead atoms. The van der Waals surface area contributed by atoms with Crippen LogP contribution in [0, 0.1) is 5.41 Å². The van der Waals surface area contributed by atoms with Crippen molar-refractivity contribution in [2.75, 3.05) is 13.6 Å². The van der Waals surface area contributed by atoms with Crippen LogP contribution in [-0.2, 0) is 4.74 Å². The van der Waals surface area contributed by atoms with Crippen LogP contribution < -0.4 is 5.73 Å². The summed E-state index contributed by atoms with van der Waals surface area (Å²) in [6.45, 7) is 8.31. The number of ether oxygens (including phenoxy) is 1. The van der Waals surface area contributed by atoms with Gasteiger partial charge in [0.2, 0.25) is 0 Å². The van der Waals surface area contributed by atoms with E-state index >= 15 is 0 Å². The molecule has 0 aromatic carbocycles. The molecule has 1 fully saturated rings. The van der Waals surface area contributed by atoms with Gasteiger partial charge in [-0.05, 0) is 47.1 Å². The molecule has 0 heterocycles. The molecule has 1 aliphatic carbocycles. The molecule has 1 aliphatic rings. The largest absolute Gasteiger partial charge is 0.444 e. The van der Waals surface area contributed by atoms with Gasteiger partial charge in [0.15, 0.2) is 0 Å². The summed E-state index contributed by atoms with van der Waals surface area (Å²) in [6, 6.07) is 0.146. The molecule has 1 unspecified atom stereocenters. The Hall–Kier alpha value is -0.770. The summed E-state index contributed by atoms with van der Waals surface area (Å²) in [5.41, 5.74) is 5.45. The summed E-state index contributed by atoms with van der Waals surface area (Å²) in [4.78, 5) is 13.5. The molecule has 0 aromatic heterocycles. The van der Waals surface area contributed by atoms with Crippen LogP contribution in [0.15, 0.2) is 0 Å². The van der Waals surface area contributed by atoms with Gasteiger partial charge < -0.3 is 15.4 Å². The van der Waals surface area contributed by atoms with E-state index in [0.717, 1.165) is 12.8 Å². The van der Waals surface area contributed by atoms with Gasteiger partial charge in [-0.2, -0.15) is 0 Å². The summed E-state index contributed by atoms with van der Waals surface area (Å²) in [5, 5.41) is 0. The highest BCUT2D eigenvalue weighted by molar-refractivity contribution is 5.68. The Balaban J connectivity index is 2.57. The lowest BCUT2D eigenvalue weighted by molar-refractivity contribution is 0.0171. The maximum absolute atomic E-state index is 11.9. The zero-order valence-electron chi connectivity index (χ0n) is 11.0. The third-order valence-electron chi connectivity index (χ3n) is 3.45. The standard InChI is InChI=1S/C12H24N2O2/c1-9(12(8-13)6-7-12)14(5)10(15)16-11(2,3)4/h9H,6-8,13H2,1-5H3. The van der Waals surface area contributed by atoms with Gasteiger partial charge in [-0.25, -0.2) is 4.79 Å². The summed E-state index contributed by atoms with van der Waals surface area (Å²) in [6.07, 6.45) is 1.95. The van der Waals surface area contributed by atoms with Crippen molar-refractivity contribution in [2.24, 2.45) is 11.1 Å². The summed E-state index contributed by atoms with van der Waals surface area (Å²) in [7, 11) is 1.79. The zero-order chi connectivity index (χ0) is 12.6. The molecule has 1 saturated carbocycles. The first kappa shape index (κ1) is 13.3. The fraction of sp³-hybridized carbons (Fsp3) is 0.917. The van der Waals surface area contributed by atoms with E-state index in [4.69, 9.17) is 10.5 Å². The van der Waals surface area contributed by atoms with Crippen molar-refractivity contribution in [1.29, 1.82) is 0 Å². The van der Waals surface area contributed by atoms with Crippen molar-refractivity contribution >= 4 is 6.09 Å². The minimum absolute atomic E-state index is 0.131. The SMILES string of the molecule is CC(N(C)C(=O)OC(C)(C)C)C1(CN)CC1. The quantitative estimate of drug-likeness (QED) is 0.803. The number of hydrogen-bond donors (Lipinski definition) is 1. The van der Waals surface area contributed by atoms with Gasteiger partial charge in [0.1, 0.15) is 5.60 Å². The topological polar surface area (TPSA) is 55.6 Å². The molecule has 16 heavy (non-hydrogen) atoms. The van der Waals surface area contributed by atoms with Crippen LogP contribution in [0.3, 0.4) is 0 Å². The second kappa shape index (κ2) is 4.24. The maximum atomic E-state index is 11.9. The van der Waals surface area contributed by atoms with Gasteiger partial charge in [0.25, 0.3) is 0 Å². The van der Waals surface area contributed by atoms with Crippen molar-refractivity contribution in [3.63, 3.8) is 0 Å². The zero-order valence-corrected chi connectivity index (χ0v) is 11.0. The van der Waals surface area contributed by atoms with Gasteiger partial charge in [-0.3, -0.25) is 0 Å². The fourth-order valence-corrected chi connectivity index (χ4v) is 1.86. The van der Waals surface area contributed by atoms with Crippen LogP contribution in [0.5, 0.6) is 0 Å². The van der Waals surface area contributed by atoms with Crippen LogP contribution in [0.25, 0.3) is 0 Å². The average Bonchev–Trinajstić information content (AvgIpc) is 2.93. The first-order valence-electron chi connectivity index (χ1n) is 5.88. The highest BCUT2D eigenvalue weighted by Gasteiger charge is 2.49. The predicted octanol–water partition coefficient (Wildman–Crippen LogP) is 1.98. The number of nitrogens with zero attached hydrogens (tertiary/aromatic N) is 1. The smallest absolute Gasteiger partial charge is 0.410 e. The van der Waals surface area contributed by atoms with E-state index in [1.165, 1.54) is 0 Å². The highest BCUT2D eigenvalue weighted by atomic mass is 16.6. The molecule has 94 valence electrons. The lowest BCUT2D eigenvalue weighted by Crippen LogP contribution is -2.45. The third-order valence-corrected chi connectivity index (χ3v) is 3.45. The Bertz CT molecular complexity index is 267. The first-order valence-corrected chi connectivity index (χ1v) is 5.88. The molecular weight excluding hydrogens is 204 g/mol. The molecule has 1 amide bonds. The number of carbonyl (C=O) groups is 1. The van der Waals surface area contributed by atoms with Gasteiger partial charge >= 0.3 is 6.09 Å². The van der Waals surface area contributed by atoms with E-state index < -0.39 is 5.60 Å². The lowest BCUT2D eigenvalue weighted by Gasteiger charge is -2.33. The van der Waals surface area contributed by atoms with Crippen LogP contribution in [0.1, 0.15) is 40.5 Å². The van der Waals surface area contributed by atoms with E-state index in [9.17, 15) is 4.79 Å². The van der Waals surface area contributed by atoms with E-state index in [-0.39, 0.29) is 17.6 Å². The van der Waals surface area contributed by atoms with Gasteiger partial charge in [-0.15, -0.1) is 0 Å². The molecule has 0 aliphatic heterocycles. The fourth-order valence-electron chi connectivity index (χ4n) is 1.86. The molecule has 2 N–H and O–H groups in total. The third kappa shape index (κ3) is 2.88. The van der Waals surface area contributed by atoms with Crippen molar-refractivity contribution in [3.05, 3.63) is 0 Å². The van der Waals surface area contributed by atoms with Gasteiger partial charge in [-0.1, -0.05) is 0 Å². The van der Waals surface area contributed by atoms with Crippen molar-refractivity contribution < 1.29 is 9.53 Å². The second-order valence-electron chi connectivity index (χ2n) is 5.83. The van der Waals surface area contributed by atoms with E-state index in [1.807, 2.05) is 27.7 Å². The van der Waals surface area contributed by atoms with Crippen molar-refractivity contribution in [1.82, 2.24) is 4.90 Å². The molecule has 4 heteroatoms. The molecule has 0 aromatic rings. The molecule has 0 saturated heterocycles. The monoisotopic (exact) mass is 228 g/mol. The van der Waals surface area contributed by atoms with Crippen LogP contribution in [0.2, 0.25) is 0 Å². The Morgan fingerprint density at radius 3 is 2.31 bits per heavy atom. The molecule has 1 atom stereocenters. The summed E-state index contributed by atoms with van der Waals surface area (Å²) in [5.74, 6) is 0. The molecule has 4 nitrogen and oxygen atoms in total. The number of rotatable bonds is 3. The first-order chi connectivity index (χ1) is 7.22. The van der Waals surface area contributed by atoms with Gasteiger partial charge in [0, 0.05) is 18.5 Å². The Kier molecular flexibility index (Phi) is 3.53. The maximum Gasteiger partial charge on any atom is 0.410 e. The number of hydrogen-bond acceptors (Lipinski definition) is 3. The number of nitrogens with two attached hydrogens (primary N) is 1. The van der Waals surface area contributed by atoms with Crippen molar-refractivity contribution in [3.8, 4) is 0 Å². The van der Waals surface area contributed by atoms with E-state index in [0.29, 0.717) is 6.54 Å². The minimum atomic E-state index is -0.440. The summed E-state index contributed by atoms with van der Waals surface area (Å²) < 4.78 is 5.33. The van der Waals surface area contributed by atoms with Crippen molar-refractivity contribution in [2.45, 2.75) is 52.2 Å². The van der Waals surface area contributed by atoms with E-state index in [1.54, 1.807) is 11.9 Å². The molecular formula is C12H24N2O2. The van der Waals surface area contributed by atoms with Crippen LogP contribution in [-0.4, -0.2) is 36.2 Å². The van der Waals surface area contributed by atoms with Crippen LogP contribution in [0.4, 0.5) is 4.79 Å². The van der Waals surface area contributed by atoms with Gasteiger partial charge in [0.05, 0.1) is 0 Å². The molecule has 1 rings (SSSR count). The Labute approximate surface area is 98.1 Å². The molecule has 0 radical (unpaired) electrons. The number of carbonyl (C=O) groups excluding carboxylic acids is 1. The summed E-state index contributed by atoms with van der Waals surface area (Å²) >= 11 is 0.